The quantitative estimate of drug-likeness (QED) is 0.888. The van der Waals surface area contributed by atoms with Crippen LogP contribution in [-0.4, -0.2) is 35.5 Å². The molecule has 2 rings (SSSR count). The van der Waals surface area contributed by atoms with Gasteiger partial charge >= 0.3 is 6.18 Å². The highest BCUT2D eigenvalue weighted by Gasteiger charge is 2.37. The van der Waals surface area contributed by atoms with E-state index in [2.05, 4.69) is 0 Å². The summed E-state index contributed by atoms with van der Waals surface area (Å²) in [4.78, 5) is 12.6. The lowest BCUT2D eigenvalue weighted by atomic mass is 9.83. The number of rotatable bonds is 3. The first-order valence-electron chi connectivity index (χ1n) is 6.61. The van der Waals surface area contributed by atoms with Crippen LogP contribution in [0.2, 0.25) is 0 Å². The summed E-state index contributed by atoms with van der Waals surface area (Å²) >= 11 is 0. The molecule has 0 unspecified atom stereocenters. The van der Waals surface area contributed by atoms with Crippen molar-refractivity contribution in [1.82, 2.24) is 4.90 Å². The molecule has 1 aromatic carbocycles. The number of hydrogen-bond donors (Lipinski definition) is 2. The molecular formula is C14H17F3N2O2. The maximum Gasteiger partial charge on any atom is 0.416 e. The average Bonchev–Trinajstić information content (AvgIpc) is 2.40. The van der Waals surface area contributed by atoms with Crippen molar-refractivity contribution in [1.29, 1.82) is 0 Å². The van der Waals surface area contributed by atoms with Crippen LogP contribution in [0.25, 0.3) is 0 Å². The van der Waals surface area contributed by atoms with Crippen LogP contribution in [-0.2, 0) is 16.6 Å². The summed E-state index contributed by atoms with van der Waals surface area (Å²) in [6, 6.07) is 4.77. The first-order chi connectivity index (χ1) is 9.71. The van der Waals surface area contributed by atoms with Gasteiger partial charge in [-0.2, -0.15) is 13.2 Å². The van der Waals surface area contributed by atoms with E-state index in [0.29, 0.717) is 13.1 Å². The zero-order valence-electron chi connectivity index (χ0n) is 11.4. The molecule has 1 aliphatic rings. The average molecular weight is 302 g/mol. The highest BCUT2D eigenvalue weighted by atomic mass is 19.4. The molecule has 1 fully saturated rings. The number of nitrogens with zero attached hydrogens (tertiary/aromatic N) is 1. The summed E-state index contributed by atoms with van der Waals surface area (Å²) < 4.78 is 38.2. The smallest absolute Gasteiger partial charge is 0.385 e. The molecule has 7 heteroatoms. The van der Waals surface area contributed by atoms with Gasteiger partial charge in [0, 0.05) is 13.1 Å². The molecule has 4 nitrogen and oxygen atoms in total. The number of benzene rings is 1. The van der Waals surface area contributed by atoms with E-state index in [4.69, 9.17) is 5.73 Å². The summed E-state index contributed by atoms with van der Waals surface area (Å²) in [6.07, 6.45) is -3.90. The van der Waals surface area contributed by atoms with Gasteiger partial charge in [-0.05, 0) is 30.5 Å². The van der Waals surface area contributed by atoms with Crippen LogP contribution < -0.4 is 5.73 Å². The standard InChI is InChI=1S/C14H17F3N2O2/c15-14(16,17)11-3-1-2-10(8-11)13(21)4-6-19(7-5-13)9-12(18)20/h1-3,8,21H,4-7,9H2,(H2,18,20). The second-order valence-electron chi connectivity index (χ2n) is 5.35. The zero-order valence-corrected chi connectivity index (χ0v) is 11.4. The zero-order chi connectivity index (χ0) is 15.7. The molecule has 3 N–H and O–H groups in total. The Kier molecular flexibility index (Phi) is 4.25. The number of halogens is 3. The monoisotopic (exact) mass is 302 g/mol. The topological polar surface area (TPSA) is 66.6 Å². The van der Waals surface area contributed by atoms with Crippen molar-refractivity contribution in [2.45, 2.75) is 24.6 Å². The van der Waals surface area contributed by atoms with Gasteiger partial charge in [0.1, 0.15) is 0 Å². The van der Waals surface area contributed by atoms with Crippen LogP contribution in [0, 0.1) is 0 Å². The first kappa shape index (κ1) is 15.8. The molecule has 21 heavy (non-hydrogen) atoms. The normalized spacial score (nSPS) is 19.4. The predicted molar refractivity (Wildman–Crippen MR) is 70.2 cm³/mol. The molecule has 1 aliphatic heterocycles. The Labute approximate surface area is 120 Å². The van der Waals surface area contributed by atoms with E-state index >= 15 is 0 Å². The number of carbonyl (C=O) groups excluding carboxylic acids is 1. The van der Waals surface area contributed by atoms with Crippen LogP contribution >= 0.6 is 0 Å². The Hall–Kier alpha value is -1.60. The largest absolute Gasteiger partial charge is 0.416 e. The van der Waals surface area contributed by atoms with Crippen molar-refractivity contribution in [2.24, 2.45) is 5.73 Å². The number of nitrogens with two attached hydrogens (primary N) is 1. The number of likely N-dealkylation sites (tertiary alicyclic amines) is 1. The maximum atomic E-state index is 12.7. The molecule has 0 bridgehead atoms. The summed E-state index contributed by atoms with van der Waals surface area (Å²) in [6.45, 7) is 0.921. The predicted octanol–water partition coefficient (Wildman–Crippen LogP) is 1.47. The van der Waals surface area contributed by atoms with Crippen molar-refractivity contribution in [3.8, 4) is 0 Å². The number of carbonyl (C=O) groups is 1. The molecule has 1 aromatic rings. The van der Waals surface area contributed by atoms with Crippen molar-refractivity contribution in [3.63, 3.8) is 0 Å². The number of primary amides is 1. The number of hydrogen-bond acceptors (Lipinski definition) is 3. The van der Waals surface area contributed by atoms with Gasteiger partial charge in [-0.3, -0.25) is 9.69 Å². The van der Waals surface area contributed by atoms with E-state index in [1.165, 1.54) is 12.1 Å². The summed E-state index contributed by atoms with van der Waals surface area (Å²) in [5.74, 6) is -0.459. The van der Waals surface area contributed by atoms with Crippen LogP contribution in [0.3, 0.4) is 0 Å². The Morgan fingerprint density at radius 3 is 2.48 bits per heavy atom. The number of alkyl halides is 3. The third-order valence-corrected chi connectivity index (χ3v) is 3.79. The molecule has 0 atom stereocenters. The Balaban J connectivity index is 2.13. The lowest BCUT2D eigenvalue weighted by Gasteiger charge is -2.38. The third-order valence-electron chi connectivity index (χ3n) is 3.79. The first-order valence-corrected chi connectivity index (χ1v) is 6.61. The van der Waals surface area contributed by atoms with Crippen molar-refractivity contribution in [3.05, 3.63) is 35.4 Å². The van der Waals surface area contributed by atoms with Crippen molar-refractivity contribution < 1.29 is 23.1 Å². The second-order valence-corrected chi connectivity index (χ2v) is 5.35. The summed E-state index contributed by atoms with van der Waals surface area (Å²) in [5.41, 5.74) is 3.30. The molecule has 0 saturated carbocycles. The minimum Gasteiger partial charge on any atom is -0.385 e. The molecular weight excluding hydrogens is 285 g/mol. The highest BCUT2D eigenvalue weighted by molar-refractivity contribution is 5.75. The van der Waals surface area contributed by atoms with Gasteiger partial charge in [0.25, 0.3) is 0 Å². The fraction of sp³-hybridized carbons (Fsp3) is 0.500. The van der Waals surface area contributed by atoms with E-state index in [9.17, 15) is 23.1 Å². The minimum atomic E-state index is -4.43. The van der Waals surface area contributed by atoms with Gasteiger partial charge in [0.05, 0.1) is 17.7 Å². The molecule has 0 aromatic heterocycles. The third kappa shape index (κ3) is 3.74. The lowest BCUT2D eigenvalue weighted by molar-refractivity contribution is -0.137. The fourth-order valence-electron chi connectivity index (χ4n) is 2.58. The van der Waals surface area contributed by atoms with Crippen LogP contribution in [0.1, 0.15) is 24.0 Å². The van der Waals surface area contributed by atoms with Gasteiger partial charge in [-0.15, -0.1) is 0 Å². The van der Waals surface area contributed by atoms with Gasteiger partial charge in [0.2, 0.25) is 5.91 Å². The van der Waals surface area contributed by atoms with Crippen molar-refractivity contribution in [2.75, 3.05) is 19.6 Å². The number of aliphatic hydroxyl groups is 1. The van der Waals surface area contributed by atoms with Gasteiger partial charge < -0.3 is 10.8 Å². The van der Waals surface area contributed by atoms with Crippen molar-refractivity contribution >= 4 is 5.91 Å². The summed E-state index contributed by atoms with van der Waals surface area (Å²) in [7, 11) is 0. The van der Waals surface area contributed by atoms with E-state index in [0.717, 1.165) is 12.1 Å². The summed E-state index contributed by atoms with van der Waals surface area (Å²) in [5, 5.41) is 10.6. The van der Waals surface area contributed by atoms with Crippen LogP contribution in [0.5, 0.6) is 0 Å². The molecule has 1 saturated heterocycles. The Morgan fingerprint density at radius 2 is 1.95 bits per heavy atom. The lowest BCUT2D eigenvalue weighted by Crippen LogP contribution is -2.45. The van der Waals surface area contributed by atoms with Crippen LogP contribution in [0.15, 0.2) is 24.3 Å². The highest BCUT2D eigenvalue weighted by Crippen LogP contribution is 2.36. The molecule has 1 amide bonds. The van der Waals surface area contributed by atoms with E-state index in [1.807, 2.05) is 0 Å². The van der Waals surface area contributed by atoms with Gasteiger partial charge in [0.15, 0.2) is 0 Å². The number of amides is 1. The van der Waals surface area contributed by atoms with E-state index < -0.39 is 23.2 Å². The SMILES string of the molecule is NC(=O)CN1CCC(O)(c2cccc(C(F)(F)F)c2)CC1. The molecule has 116 valence electrons. The molecule has 0 aliphatic carbocycles. The molecule has 0 radical (unpaired) electrons. The fourth-order valence-corrected chi connectivity index (χ4v) is 2.58. The van der Waals surface area contributed by atoms with Gasteiger partial charge in [-0.1, -0.05) is 12.1 Å². The Bertz CT molecular complexity index is 523. The van der Waals surface area contributed by atoms with E-state index in [-0.39, 0.29) is 24.9 Å². The molecule has 0 spiro atoms. The van der Waals surface area contributed by atoms with E-state index in [1.54, 1.807) is 4.90 Å². The van der Waals surface area contributed by atoms with Crippen LogP contribution in [0.4, 0.5) is 13.2 Å². The van der Waals surface area contributed by atoms with Gasteiger partial charge in [-0.25, -0.2) is 0 Å². The minimum absolute atomic E-state index is 0.0959. The number of piperidine rings is 1. The maximum absolute atomic E-state index is 12.7. The second kappa shape index (κ2) is 5.65. The Morgan fingerprint density at radius 1 is 1.33 bits per heavy atom. The molecule has 1 heterocycles.